The first-order valence-corrected chi connectivity index (χ1v) is 10.3. The first-order valence-electron chi connectivity index (χ1n) is 10.3. The zero-order valence-corrected chi connectivity index (χ0v) is 17.9. The Morgan fingerprint density at radius 3 is 2.23 bits per heavy atom. The van der Waals surface area contributed by atoms with E-state index in [-0.39, 0.29) is 11.9 Å². The van der Waals surface area contributed by atoms with Crippen LogP contribution in [0.2, 0.25) is 0 Å². The fourth-order valence-electron chi connectivity index (χ4n) is 2.82. The summed E-state index contributed by atoms with van der Waals surface area (Å²) in [6.45, 7) is 9.61. The van der Waals surface area contributed by atoms with Crippen LogP contribution in [0.15, 0.2) is 42.5 Å². The van der Waals surface area contributed by atoms with Gasteiger partial charge in [0.05, 0.1) is 17.9 Å². The molecule has 0 spiro atoms. The number of carbonyl (C=O) groups is 2. The lowest BCUT2D eigenvalue weighted by atomic mass is 10.1. The Bertz CT molecular complexity index is 833. The Morgan fingerprint density at radius 2 is 1.63 bits per heavy atom. The molecule has 3 N–H and O–H groups in total. The van der Waals surface area contributed by atoms with Crippen molar-refractivity contribution in [3.05, 3.63) is 53.6 Å². The Kier molecular flexibility index (Phi) is 9.15. The van der Waals surface area contributed by atoms with Crippen LogP contribution in [-0.4, -0.2) is 49.6 Å². The Labute approximate surface area is 178 Å². The molecule has 0 unspecified atom stereocenters. The van der Waals surface area contributed by atoms with Crippen molar-refractivity contribution in [2.24, 2.45) is 0 Å². The molecule has 2 rings (SSSR count). The van der Waals surface area contributed by atoms with E-state index in [4.69, 9.17) is 15.2 Å². The maximum absolute atomic E-state index is 12.5. The normalized spacial score (nSPS) is 10.7. The predicted molar refractivity (Wildman–Crippen MR) is 119 cm³/mol. The van der Waals surface area contributed by atoms with Crippen molar-refractivity contribution in [2.75, 3.05) is 43.9 Å². The van der Waals surface area contributed by atoms with Crippen LogP contribution in [0.1, 0.15) is 47.9 Å². The van der Waals surface area contributed by atoms with E-state index in [9.17, 15) is 9.59 Å². The number of nitrogens with zero attached hydrogens (tertiary/aromatic N) is 1. The Hall–Kier alpha value is -3.06. The van der Waals surface area contributed by atoms with Crippen molar-refractivity contribution in [3.63, 3.8) is 0 Å². The molecule has 0 saturated carbocycles. The van der Waals surface area contributed by atoms with Crippen LogP contribution in [0.25, 0.3) is 0 Å². The molecule has 7 heteroatoms. The second-order valence-electron chi connectivity index (χ2n) is 6.80. The van der Waals surface area contributed by atoms with Crippen molar-refractivity contribution < 1.29 is 19.1 Å². The summed E-state index contributed by atoms with van der Waals surface area (Å²) >= 11 is 0. The van der Waals surface area contributed by atoms with Gasteiger partial charge < -0.3 is 25.4 Å². The van der Waals surface area contributed by atoms with Crippen LogP contribution in [0, 0.1) is 0 Å². The van der Waals surface area contributed by atoms with Crippen LogP contribution in [0.5, 0.6) is 5.75 Å². The van der Waals surface area contributed by atoms with E-state index in [0.717, 1.165) is 19.5 Å². The number of benzene rings is 2. The number of hydrogen-bond acceptors (Lipinski definition) is 6. The lowest BCUT2D eigenvalue weighted by Crippen LogP contribution is -2.27. The number of rotatable bonds is 11. The first kappa shape index (κ1) is 23.2. The average molecular weight is 414 g/mol. The van der Waals surface area contributed by atoms with Crippen LogP contribution in [0.3, 0.4) is 0 Å². The molecular formula is C23H31N3O4. The minimum absolute atomic E-state index is 0.293. The lowest BCUT2D eigenvalue weighted by Gasteiger charge is -2.17. The molecule has 0 aliphatic carbocycles. The second kappa shape index (κ2) is 11.8. The maximum Gasteiger partial charge on any atom is 0.338 e. The van der Waals surface area contributed by atoms with E-state index >= 15 is 0 Å². The zero-order chi connectivity index (χ0) is 21.9. The van der Waals surface area contributed by atoms with Gasteiger partial charge in [-0.1, -0.05) is 20.8 Å². The number of nitrogens with two attached hydrogens (primary N) is 1. The van der Waals surface area contributed by atoms with Gasteiger partial charge in [-0.3, -0.25) is 4.79 Å². The topological polar surface area (TPSA) is 93.9 Å². The number of amides is 1. The highest BCUT2D eigenvalue weighted by atomic mass is 16.5. The van der Waals surface area contributed by atoms with Gasteiger partial charge in [-0.25, -0.2) is 4.79 Å². The van der Waals surface area contributed by atoms with E-state index < -0.39 is 0 Å². The van der Waals surface area contributed by atoms with E-state index in [1.165, 1.54) is 0 Å². The number of nitrogen functional groups attached to an aromatic ring is 1. The fourth-order valence-corrected chi connectivity index (χ4v) is 2.82. The molecule has 0 atom stereocenters. The fraction of sp³-hybridized carbons (Fsp3) is 0.391. The van der Waals surface area contributed by atoms with Gasteiger partial charge in [0, 0.05) is 17.8 Å². The molecule has 0 bridgehead atoms. The largest absolute Gasteiger partial charge is 0.491 e. The van der Waals surface area contributed by atoms with Gasteiger partial charge in [0.2, 0.25) is 0 Å². The Balaban J connectivity index is 1.91. The standard InChI is InChI=1S/C23H31N3O4/c1-4-14-29-21-12-9-18(16-20(21)24)22(27)25-19-10-7-17(8-11-19)23(28)30-15-13-26(5-2)6-3/h7-12,16H,4-6,13-15,24H2,1-3H3,(H,25,27). The summed E-state index contributed by atoms with van der Waals surface area (Å²) in [6, 6.07) is 11.5. The number of anilines is 2. The summed E-state index contributed by atoms with van der Waals surface area (Å²) in [6.07, 6.45) is 0.876. The summed E-state index contributed by atoms with van der Waals surface area (Å²) < 4.78 is 10.8. The summed E-state index contributed by atoms with van der Waals surface area (Å²) in [5.41, 5.74) is 7.82. The highest BCUT2D eigenvalue weighted by Gasteiger charge is 2.11. The second-order valence-corrected chi connectivity index (χ2v) is 6.80. The molecule has 0 aliphatic rings. The molecule has 7 nitrogen and oxygen atoms in total. The van der Waals surface area contributed by atoms with Crippen LogP contribution < -0.4 is 15.8 Å². The minimum Gasteiger partial charge on any atom is -0.491 e. The number of hydrogen-bond donors (Lipinski definition) is 2. The predicted octanol–water partition coefficient (Wildman–Crippen LogP) is 3.81. The Morgan fingerprint density at radius 1 is 0.967 bits per heavy atom. The number of nitrogens with one attached hydrogen (secondary N) is 1. The van der Waals surface area contributed by atoms with Crippen LogP contribution >= 0.6 is 0 Å². The summed E-state index contributed by atoms with van der Waals surface area (Å²) in [5.74, 6) is -0.106. The van der Waals surface area contributed by atoms with Gasteiger partial charge >= 0.3 is 5.97 Å². The molecule has 0 aromatic heterocycles. The van der Waals surface area contributed by atoms with E-state index in [1.807, 2.05) is 6.92 Å². The smallest absolute Gasteiger partial charge is 0.338 e. The molecule has 1 amide bonds. The van der Waals surface area contributed by atoms with Gasteiger partial charge in [0.15, 0.2) is 0 Å². The molecule has 0 aliphatic heterocycles. The maximum atomic E-state index is 12.5. The molecule has 0 radical (unpaired) electrons. The number of likely N-dealkylation sites (N-methyl/N-ethyl adjacent to an activating group) is 1. The van der Waals surface area contributed by atoms with Crippen molar-refractivity contribution in [2.45, 2.75) is 27.2 Å². The van der Waals surface area contributed by atoms with Gasteiger partial charge in [0.1, 0.15) is 12.4 Å². The monoisotopic (exact) mass is 413 g/mol. The van der Waals surface area contributed by atoms with Crippen molar-refractivity contribution >= 4 is 23.3 Å². The number of esters is 1. The van der Waals surface area contributed by atoms with Crippen molar-refractivity contribution in [3.8, 4) is 5.75 Å². The zero-order valence-electron chi connectivity index (χ0n) is 17.9. The third kappa shape index (κ3) is 6.77. The van der Waals surface area contributed by atoms with E-state index in [0.29, 0.717) is 48.0 Å². The SMILES string of the molecule is CCCOc1ccc(C(=O)Nc2ccc(C(=O)OCCN(CC)CC)cc2)cc1N. The molecule has 0 saturated heterocycles. The minimum atomic E-state index is -0.379. The highest BCUT2D eigenvalue weighted by molar-refractivity contribution is 6.05. The third-order valence-electron chi connectivity index (χ3n) is 4.65. The quantitative estimate of drug-likeness (QED) is 0.430. The summed E-state index contributed by atoms with van der Waals surface area (Å²) in [5, 5.41) is 2.79. The number of ether oxygens (including phenoxy) is 2. The van der Waals surface area contributed by atoms with Gasteiger partial charge in [-0.15, -0.1) is 0 Å². The lowest BCUT2D eigenvalue weighted by molar-refractivity contribution is 0.0466. The van der Waals surface area contributed by atoms with Crippen LogP contribution in [-0.2, 0) is 4.74 Å². The molecule has 2 aromatic rings. The average Bonchev–Trinajstić information content (AvgIpc) is 2.76. The third-order valence-corrected chi connectivity index (χ3v) is 4.65. The summed E-state index contributed by atoms with van der Waals surface area (Å²) in [4.78, 5) is 26.8. The number of carbonyl (C=O) groups excluding carboxylic acids is 2. The van der Waals surface area contributed by atoms with Gasteiger partial charge in [-0.05, 0) is 62.0 Å². The van der Waals surface area contributed by atoms with Crippen molar-refractivity contribution in [1.82, 2.24) is 4.90 Å². The molecule has 162 valence electrons. The van der Waals surface area contributed by atoms with Crippen molar-refractivity contribution in [1.29, 1.82) is 0 Å². The molecule has 0 fully saturated rings. The van der Waals surface area contributed by atoms with Crippen LogP contribution in [0.4, 0.5) is 11.4 Å². The van der Waals surface area contributed by atoms with E-state index in [1.54, 1.807) is 42.5 Å². The highest BCUT2D eigenvalue weighted by Crippen LogP contribution is 2.23. The molecule has 30 heavy (non-hydrogen) atoms. The molecule has 0 heterocycles. The van der Waals surface area contributed by atoms with Gasteiger partial charge in [0.25, 0.3) is 5.91 Å². The molecule has 2 aromatic carbocycles. The first-order chi connectivity index (χ1) is 14.5. The molecular weight excluding hydrogens is 382 g/mol. The summed E-state index contributed by atoms with van der Waals surface area (Å²) in [7, 11) is 0. The van der Waals surface area contributed by atoms with E-state index in [2.05, 4.69) is 24.1 Å². The van der Waals surface area contributed by atoms with Gasteiger partial charge in [-0.2, -0.15) is 0 Å².